The molecule has 0 spiro atoms. The van der Waals surface area contributed by atoms with Crippen molar-refractivity contribution in [1.82, 2.24) is 15.1 Å². The fourth-order valence-electron chi connectivity index (χ4n) is 3.52. The average molecular weight is 367 g/mol. The van der Waals surface area contributed by atoms with Crippen molar-refractivity contribution in [1.29, 1.82) is 0 Å². The van der Waals surface area contributed by atoms with Gasteiger partial charge in [-0.15, -0.1) is 0 Å². The zero-order chi connectivity index (χ0) is 19.0. The maximum absolute atomic E-state index is 13.2. The van der Waals surface area contributed by atoms with Gasteiger partial charge in [-0.2, -0.15) is 5.10 Å². The predicted octanol–water partition coefficient (Wildman–Crippen LogP) is 4.13. The first-order valence-electron chi connectivity index (χ1n) is 8.96. The lowest BCUT2D eigenvalue weighted by Crippen LogP contribution is -2.28. The number of nitrogens with one attached hydrogen (secondary N) is 1. The summed E-state index contributed by atoms with van der Waals surface area (Å²) in [5, 5.41) is 7.45. The van der Waals surface area contributed by atoms with Crippen LogP contribution < -0.4 is 5.32 Å². The number of hydrogen-bond donors (Lipinski definition) is 1. The molecule has 27 heavy (non-hydrogen) atoms. The van der Waals surface area contributed by atoms with Crippen molar-refractivity contribution >= 4 is 5.91 Å². The molecule has 0 radical (unpaired) electrons. The monoisotopic (exact) mass is 367 g/mol. The lowest BCUT2D eigenvalue weighted by atomic mass is 10.1. The Hall–Kier alpha value is -3.02. The summed E-state index contributed by atoms with van der Waals surface area (Å²) in [6.45, 7) is 1.85. The van der Waals surface area contributed by atoms with Crippen molar-refractivity contribution < 1.29 is 13.6 Å². The van der Waals surface area contributed by atoms with Gasteiger partial charge in [0.25, 0.3) is 5.91 Å². The Kier molecular flexibility index (Phi) is 4.48. The number of carbonyl (C=O) groups excluding carboxylic acids is 1. The molecule has 1 atom stereocenters. The van der Waals surface area contributed by atoms with Crippen LogP contribution in [-0.2, 0) is 12.8 Å². The van der Waals surface area contributed by atoms with Gasteiger partial charge in [-0.05, 0) is 68.1 Å². The molecule has 1 aromatic heterocycles. The van der Waals surface area contributed by atoms with E-state index in [0.717, 1.165) is 41.8 Å². The van der Waals surface area contributed by atoms with Gasteiger partial charge >= 0.3 is 0 Å². The van der Waals surface area contributed by atoms with E-state index in [9.17, 15) is 13.6 Å². The van der Waals surface area contributed by atoms with Gasteiger partial charge < -0.3 is 5.32 Å². The van der Waals surface area contributed by atoms with Gasteiger partial charge in [0.2, 0.25) is 0 Å². The molecular formula is C21H19F2N3O. The SMILES string of the molecule is CC(NC(=O)c1nn(-c2ccc(F)cc2)c2c1CCC2)c1ccc(F)cc1. The Labute approximate surface area is 155 Å². The first kappa shape index (κ1) is 17.4. The summed E-state index contributed by atoms with van der Waals surface area (Å²) < 4.78 is 28.1. The molecule has 6 heteroatoms. The van der Waals surface area contributed by atoms with Gasteiger partial charge in [0.15, 0.2) is 5.69 Å². The van der Waals surface area contributed by atoms with E-state index >= 15 is 0 Å². The van der Waals surface area contributed by atoms with Crippen molar-refractivity contribution in [3.8, 4) is 5.69 Å². The molecule has 2 aromatic carbocycles. The zero-order valence-electron chi connectivity index (χ0n) is 14.9. The van der Waals surface area contributed by atoms with Gasteiger partial charge in [0.1, 0.15) is 11.6 Å². The Morgan fingerprint density at radius 2 is 1.67 bits per heavy atom. The third-order valence-corrected chi connectivity index (χ3v) is 4.93. The van der Waals surface area contributed by atoms with E-state index < -0.39 is 0 Å². The van der Waals surface area contributed by atoms with E-state index in [4.69, 9.17) is 0 Å². The maximum Gasteiger partial charge on any atom is 0.272 e. The summed E-state index contributed by atoms with van der Waals surface area (Å²) >= 11 is 0. The second kappa shape index (κ2) is 6.95. The predicted molar refractivity (Wildman–Crippen MR) is 97.8 cm³/mol. The standard InChI is InChI=1S/C21H19F2N3O/c1-13(14-5-7-15(22)8-6-14)24-21(27)20-18-3-2-4-19(18)26(25-20)17-11-9-16(23)10-12-17/h5-13H,2-4H2,1H3,(H,24,27). The van der Waals surface area contributed by atoms with Crippen LogP contribution in [0.5, 0.6) is 0 Å². The third kappa shape index (κ3) is 3.35. The molecule has 1 aliphatic carbocycles. The van der Waals surface area contributed by atoms with E-state index in [1.165, 1.54) is 24.3 Å². The van der Waals surface area contributed by atoms with Gasteiger partial charge in [0, 0.05) is 11.3 Å². The van der Waals surface area contributed by atoms with Gasteiger partial charge in [-0.1, -0.05) is 12.1 Å². The highest BCUT2D eigenvalue weighted by molar-refractivity contribution is 5.94. The van der Waals surface area contributed by atoms with E-state index in [0.29, 0.717) is 5.69 Å². The van der Waals surface area contributed by atoms with Crippen LogP contribution in [0.25, 0.3) is 5.69 Å². The summed E-state index contributed by atoms with van der Waals surface area (Å²) in [6.07, 6.45) is 2.59. The minimum Gasteiger partial charge on any atom is -0.344 e. The molecule has 0 saturated heterocycles. The number of fused-ring (bicyclic) bond motifs is 1. The van der Waals surface area contributed by atoms with Crippen molar-refractivity contribution in [2.24, 2.45) is 0 Å². The molecule has 1 heterocycles. The Morgan fingerprint density at radius 3 is 2.33 bits per heavy atom. The van der Waals surface area contributed by atoms with Crippen molar-refractivity contribution in [3.05, 3.63) is 82.7 Å². The van der Waals surface area contributed by atoms with E-state index in [1.807, 2.05) is 6.92 Å². The highest BCUT2D eigenvalue weighted by atomic mass is 19.1. The Morgan fingerprint density at radius 1 is 1.04 bits per heavy atom. The van der Waals surface area contributed by atoms with Gasteiger partial charge in [0.05, 0.1) is 11.7 Å². The second-order valence-electron chi connectivity index (χ2n) is 6.76. The maximum atomic E-state index is 13.2. The Balaban J connectivity index is 1.62. The van der Waals surface area contributed by atoms with Crippen LogP contribution in [0, 0.1) is 11.6 Å². The number of benzene rings is 2. The van der Waals surface area contributed by atoms with Gasteiger partial charge in [-0.3, -0.25) is 4.79 Å². The largest absolute Gasteiger partial charge is 0.344 e. The quantitative estimate of drug-likeness (QED) is 0.754. The molecule has 1 aliphatic rings. The van der Waals surface area contributed by atoms with Crippen LogP contribution in [0.3, 0.4) is 0 Å². The molecule has 1 unspecified atom stereocenters. The van der Waals surface area contributed by atoms with Crippen LogP contribution in [0.1, 0.15) is 46.7 Å². The summed E-state index contributed by atoms with van der Waals surface area (Å²) in [5.74, 6) is -0.882. The topological polar surface area (TPSA) is 46.9 Å². The van der Waals surface area contributed by atoms with Crippen LogP contribution >= 0.6 is 0 Å². The summed E-state index contributed by atoms with van der Waals surface area (Å²) in [6, 6.07) is 11.9. The number of aromatic nitrogens is 2. The number of halogens is 2. The molecular weight excluding hydrogens is 348 g/mol. The molecule has 138 valence electrons. The molecule has 0 fully saturated rings. The number of carbonyl (C=O) groups is 1. The number of rotatable bonds is 4. The normalized spacial score (nSPS) is 14.0. The summed E-state index contributed by atoms with van der Waals surface area (Å²) in [5.41, 5.74) is 3.91. The lowest BCUT2D eigenvalue weighted by Gasteiger charge is -2.14. The number of nitrogens with zero attached hydrogens (tertiary/aromatic N) is 2. The molecule has 4 nitrogen and oxygen atoms in total. The van der Waals surface area contributed by atoms with E-state index in [-0.39, 0.29) is 23.6 Å². The highest BCUT2D eigenvalue weighted by Crippen LogP contribution is 2.28. The van der Waals surface area contributed by atoms with E-state index in [1.54, 1.807) is 28.9 Å². The van der Waals surface area contributed by atoms with Crippen molar-refractivity contribution in [3.63, 3.8) is 0 Å². The fourth-order valence-corrected chi connectivity index (χ4v) is 3.52. The fraction of sp³-hybridized carbons (Fsp3) is 0.238. The molecule has 3 aromatic rings. The van der Waals surface area contributed by atoms with Crippen molar-refractivity contribution in [2.45, 2.75) is 32.2 Å². The smallest absolute Gasteiger partial charge is 0.272 e. The minimum absolute atomic E-state index is 0.258. The molecule has 0 aliphatic heterocycles. The summed E-state index contributed by atoms with van der Waals surface area (Å²) in [7, 11) is 0. The third-order valence-electron chi connectivity index (χ3n) is 4.93. The summed E-state index contributed by atoms with van der Waals surface area (Å²) in [4.78, 5) is 12.8. The van der Waals surface area contributed by atoms with E-state index in [2.05, 4.69) is 10.4 Å². The van der Waals surface area contributed by atoms with Crippen molar-refractivity contribution in [2.75, 3.05) is 0 Å². The first-order valence-corrected chi connectivity index (χ1v) is 8.96. The van der Waals surface area contributed by atoms with Crippen LogP contribution in [0.15, 0.2) is 48.5 Å². The Bertz CT molecular complexity index is 978. The van der Waals surface area contributed by atoms with Crippen LogP contribution in [0.2, 0.25) is 0 Å². The van der Waals surface area contributed by atoms with Crippen LogP contribution in [0.4, 0.5) is 8.78 Å². The van der Waals surface area contributed by atoms with Gasteiger partial charge in [-0.25, -0.2) is 13.5 Å². The zero-order valence-corrected chi connectivity index (χ0v) is 14.9. The first-order chi connectivity index (χ1) is 13.0. The lowest BCUT2D eigenvalue weighted by molar-refractivity contribution is 0.0933. The molecule has 4 rings (SSSR count). The molecule has 0 bridgehead atoms. The average Bonchev–Trinajstić information content (AvgIpc) is 3.25. The highest BCUT2D eigenvalue weighted by Gasteiger charge is 2.27. The van der Waals surface area contributed by atoms with Crippen LogP contribution in [-0.4, -0.2) is 15.7 Å². The molecule has 0 saturated carbocycles. The minimum atomic E-state index is -0.312. The number of amides is 1. The molecule has 1 N–H and O–H groups in total. The molecule has 1 amide bonds. The second-order valence-corrected chi connectivity index (χ2v) is 6.76. The number of hydrogen-bond acceptors (Lipinski definition) is 2.